The van der Waals surface area contributed by atoms with Crippen molar-refractivity contribution in [1.29, 1.82) is 0 Å². The Morgan fingerprint density at radius 3 is 2.83 bits per heavy atom. The second-order valence-electron chi connectivity index (χ2n) is 2.56. The van der Waals surface area contributed by atoms with Gasteiger partial charge in [0, 0.05) is 6.54 Å². The molecule has 1 aromatic heterocycles. The third kappa shape index (κ3) is 2.60. The average molecular weight is 166 g/mol. The quantitative estimate of drug-likeness (QED) is 0.691. The molecule has 0 aliphatic heterocycles. The Kier molecular flexibility index (Phi) is 3.70. The summed E-state index contributed by atoms with van der Waals surface area (Å²) in [5, 5.41) is 12.0. The summed E-state index contributed by atoms with van der Waals surface area (Å²) in [5.41, 5.74) is 1.70. The zero-order chi connectivity index (χ0) is 8.81. The van der Waals surface area contributed by atoms with Gasteiger partial charge >= 0.3 is 0 Å². The van der Waals surface area contributed by atoms with Gasteiger partial charge in [0.05, 0.1) is 18.0 Å². The third-order valence-corrected chi connectivity index (χ3v) is 1.58. The lowest BCUT2D eigenvalue weighted by atomic mass is 10.3. The molecule has 0 aliphatic carbocycles. The van der Waals surface area contributed by atoms with Crippen LogP contribution in [-0.4, -0.2) is 16.6 Å². The Morgan fingerprint density at radius 2 is 2.17 bits per heavy atom. The molecular weight excluding hydrogens is 152 g/mol. The predicted molar refractivity (Wildman–Crippen MR) is 47.5 cm³/mol. The number of aliphatic hydroxyl groups excluding tert-OH is 1. The van der Waals surface area contributed by atoms with E-state index in [4.69, 9.17) is 5.11 Å². The SMILES string of the molecule is CCNCc1cccc(CO)n1. The minimum Gasteiger partial charge on any atom is -0.390 e. The molecular formula is C9H14N2O. The monoisotopic (exact) mass is 166 g/mol. The second-order valence-corrected chi connectivity index (χ2v) is 2.56. The van der Waals surface area contributed by atoms with Gasteiger partial charge in [-0.15, -0.1) is 0 Å². The van der Waals surface area contributed by atoms with Crippen molar-refractivity contribution >= 4 is 0 Å². The van der Waals surface area contributed by atoms with Crippen LogP contribution in [0.25, 0.3) is 0 Å². The van der Waals surface area contributed by atoms with Crippen molar-refractivity contribution in [3.8, 4) is 0 Å². The van der Waals surface area contributed by atoms with Crippen LogP contribution in [0.3, 0.4) is 0 Å². The van der Waals surface area contributed by atoms with Crippen LogP contribution in [0.15, 0.2) is 18.2 Å². The highest BCUT2D eigenvalue weighted by molar-refractivity contribution is 5.10. The minimum absolute atomic E-state index is 0.0139. The smallest absolute Gasteiger partial charge is 0.0853 e. The van der Waals surface area contributed by atoms with Crippen molar-refractivity contribution in [2.75, 3.05) is 6.54 Å². The van der Waals surface area contributed by atoms with Gasteiger partial charge in [-0.1, -0.05) is 13.0 Å². The lowest BCUT2D eigenvalue weighted by molar-refractivity contribution is 0.276. The highest BCUT2D eigenvalue weighted by Gasteiger charge is 1.94. The van der Waals surface area contributed by atoms with Gasteiger partial charge in [0.15, 0.2) is 0 Å². The molecule has 12 heavy (non-hydrogen) atoms. The summed E-state index contributed by atoms with van der Waals surface area (Å²) in [6, 6.07) is 5.67. The molecule has 0 aliphatic rings. The van der Waals surface area contributed by atoms with Crippen molar-refractivity contribution in [2.24, 2.45) is 0 Å². The first-order valence-corrected chi connectivity index (χ1v) is 4.13. The maximum absolute atomic E-state index is 8.80. The number of hydrogen-bond donors (Lipinski definition) is 2. The number of aromatic nitrogens is 1. The molecule has 0 saturated carbocycles. The summed E-state index contributed by atoms with van der Waals surface area (Å²) in [6.45, 7) is 3.77. The lowest BCUT2D eigenvalue weighted by Gasteiger charge is -2.02. The topological polar surface area (TPSA) is 45.1 Å². The molecule has 0 aromatic carbocycles. The van der Waals surface area contributed by atoms with E-state index in [-0.39, 0.29) is 6.61 Å². The summed E-state index contributed by atoms with van der Waals surface area (Å²) < 4.78 is 0. The number of rotatable bonds is 4. The molecule has 0 bridgehead atoms. The standard InChI is InChI=1S/C9H14N2O/c1-2-10-6-8-4-3-5-9(7-12)11-8/h3-5,10,12H,2,6-7H2,1H3. The van der Waals surface area contributed by atoms with Gasteiger partial charge in [-0.05, 0) is 18.7 Å². The van der Waals surface area contributed by atoms with Crippen molar-refractivity contribution in [2.45, 2.75) is 20.1 Å². The third-order valence-electron chi connectivity index (χ3n) is 1.58. The number of hydrogen-bond acceptors (Lipinski definition) is 3. The summed E-state index contributed by atoms with van der Waals surface area (Å²) in [7, 11) is 0. The van der Waals surface area contributed by atoms with E-state index < -0.39 is 0 Å². The molecule has 0 radical (unpaired) electrons. The van der Waals surface area contributed by atoms with E-state index in [1.54, 1.807) is 0 Å². The fourth-order valence-electron chi connectivity index (χ4n) is 0.969. The van der Waals surface area contributed by atoms with Crippen LogP contribution < -0.4 is 5.32 Å². The molecule has 3 heteroatoms. The maximum atomic E-state index is 8.80. The highest BCUT2D eigenvalue weighted by Crippen LogP contribution is 1.98. The van der Waals surface area contributed by atoms with Crippen LogP contribution >= 0.6 is 0 Å². The van der Waals surface area contributed by atoms with Gasteiger partial charge in [0.1, 0.15) is 0 Å². The van der Waals surface area contributed by atoms with Crippen molar-refractivity contribution in [3.63, 3.8) is 0 Å². The van der Waals surface area contributed by atoms with E-state index in [9.17, 15) is 0 Å². The lowest BCUT2D eigenvalue weighted by Crippen LogP contribution is -2.13. The summed E-state index contributed by atoms with van der Waals surface area (Å²) in [4.78, 5) is 4.22. The van der Waals surface area contributed by atoms with Gasteiger partial charge in [-0.3, -0.25) is 4.98 Å². The number of pyridine rings is 1. The fourth-order valence-corrected chi connectivity index (χ4v) is 0.969. The summed E-state index contributed by atoms with van der Waals surface area (Å²) >= 11 is 0. The molecule has 0 unspecified atom stereocenters. The van der Waals surface area contributed by atoms with Gasteiger partial charge in [-0.25, -0.2) is 0 Å². The Morgan fingerprint density at radius 1 is 1.42 bits per heavy atom. The molecule has 0 fully saturated rings. The molecule has 1 heterocycles. The number of aliphatic hydroxyl groups is 1. The molecule has 1 rings (SSSR count). The van der Waals surface area contributed by atoms with E-state index in [1.165, 1.54) is 0 Å². The summed E-state index contributed by atoms with van der Waals surface area (Å²) in [5.74, 6) is 0. The zero-order valence-corrected chi connectivity index (χ0v) is 7.25. The van der Waals surface area contributed by atoms with Crippen LogP contribution in [0.4, 0.5) is 0 Å². The second kappa shape index (κ2) is 4.85. The minimum atomic E-state index is 0.0139. The molecule has 0 amide bonds. The van der Waals surface area contributed by atoms with Crippen LogP contribution in [0, 0.1) is 0 Å². The van der Waals surface area contributed by atoms with E-state index >= 15 is 0 Å². The molecule has 0 atom stereocenters. The highest BCUT2D eigenvalue weighted by atomic mass is 16.3. The van der Waals surface area contributed by atoms with Crippen LogP contribution in [0.2, 0.25) is 0 Å². The Bertz CT molecular complexity index is 238. The van der Waals surface area contributed by atoms with Crippen molar-refractivity contribution in [3.05, 3.63) is 29.6 Å². The fraction of sp³-hybridized carbons (Fsp3) is 0.444. The first-order chi connectivity index (χ1) is 5.86. The van der Waals surface area contributed by atoms with Crippen molar-refractivity contribution in [1.82, 2.24) is 10.3 Å². The average Bonchev–Trinajstić information content (AvgIpc) is 2.15. The van der Waals surface area contributed by atoms with E-state index in [0.717, 1.165) is 24.5 Å². The van der Waals surface area contributed by atoms with E-state index in [0.29, 0.717) is 0 Å². The molecule has 2 N–H and O–H groups in total. The Balaban J connectivity index is 2.60. The first-order valence-electron chi connectivity index (χ1n) is 4.13. The van der Waals surface area contributed by atoms with Gasteiger partial charge in [-0.2, -0.15) is 0 Å². The molecule has 3 nitrogen and oxygen atoms in total. The first kappa shape index (κ1) is 9.16. The normalized spacial score (nSPS) is 10.2. The van der Waals surface area contributed by atoms with Gasteiger partial charge in [0.25, 0.3) is 0 Å². The number of nitrogens with zero attached hydrogens (tertiary/aromatic N) is 1. The zero-order valence-electron chi connectivity index (χ0n) is 7.25. The Hall–Kier alpha value is -0.930. The molecule has 1 aromatic rings. The van der Waals surface area contributed by atoms with Gasteiger partial charge in [0.2, 0.25) is 0 Å². The largest absolute Gasteiger partial charge is 0.390 e. The maximum Gasteiger partial charge on any atom is 0.0853 e. The number of nitrogens with one attached hydrogen (secondary N) is 1. The Labute approximate surface area is 72.5 Å². The van der Waals surface area contributed by atoms with Gasteiger partial charge < -0.3 is 10.4 Å². The molecule has 0 saturated heterocycles. The summed E-state index contributed by atoms with van der Waals surface area (Å²) in [6.07, 6.45) is 0. The molecule has 0 spiro atoms. The van der Waals surface area contributed by atoms with Crippen molar-refractivity contribution < 1.29 is 5.11 Å². The van der Waals surface area contributed by atoms with Crippen LogP contribution in [0.1, 0.15) is 18.3 Å². The van der Waals surface area contributed by atoms with E-state index in [1.807, 2.05) is 18.2 Å². The van der Waals surface area contributed by atoms with Crippen LogP contribution in [0.5, 0.6) is 0 Å². The molecule has 66 valence electrons. The predicted octanol–water partition coefficient (Wildman–Crippen LogP) is 0.683. The van der Waals surface area contributed by atoms with E-state index in [2.05, 4.69) is 17.2 Å². The van der Waals surface area contributed by atoms with Crippen LogP contribution in [-0.2, 0) is 13.2 Å².